The summed E-state index contributed by atoms with van der Waals surface area (Å²) in [7, 11) is -2.17. The Morgan fingerprint density at radius 2 is 1.86 bits per heavy atom. The molecule has 1 saturated heterocycles. The first-order valence-electron chi connectivity index (χ1n) is 9.50. The summed E-state index contributed by atoms with van der Waals surface area (Å²) in [6, 6.07) is 12.8. The van der Waals surface area contributed by atoms with Crippen molar-refractivity contribution in [1.29, 1.82) is 0 Å². The van der Waals surface area contributed by atoms with Crippen LogP contribution in [0.2, 0.25) is 0 Å². The van der Waals surface area contributed by atoms with Crippen LogP contribution in [0, 0.1) is 0 Å². The van der Waals surface area contributed by atoms with E-state index in [0.29, 0.717) is 18.7 Å². The molecule has 3 rings (SSSR count). The Balaban J connectivity index is 1.81. The average molecular weight is 416 g/mol. The molecule has 154 valence electrons. The van der Waals surface area contributed by atoms with Crippen LogP contribution in [-0.4, -0.2) is 44.2 Å². The van der Waals surface area contributed by atoms with Crippen LogP contribution in [-0.2, 0) is 14.8 Å². The number of sulfonamides is 1. The van der Waals surface area contributed by atoms with Gasteiger partial charge in [-0.1, -0.05) is 12.1 Å². The second-order valence-electron chi connectivity index (χ2n) is 7.30. The molecule has 2 aromatic carbocycles. The van der Waals surface area contributed by atoms with E-state index in [2.05, 4.69) is 5.32 Å². The Hall–Kier alpha value is -2.71. The van der Waals surface area contributed by atoms with E-state index in [9.17, 15) is 18.0 Å². The van der Waals surface area contributed by atoms with E-state index < -0.39 is 15.9 Å². The Labute approximate surface area is 171 Å². The third-order valence-corrected chi connectivity index (χ3v) is 7.02. The first-order chi connectivity index (χ1) is 13.7. The molecular formula is C21H25N3O4S. The Kier molecular flexibility index (Phi) is 6.04. The van der Waals surface area contributed by atoms with Crippen molar-refractivity contribution in [2.75, 3.05) is 23.8 Å². The maximum Gasteiger partial charge on any atom is 0.255 e. The predicted octanol–water partition coefficient (Wildman–Crippen LogP) is 3.09. The highest BCUT2D eigenvalue weighted by atomic mass is 32.2. The maximum atomic E-state index is 12.7. The van der Waals surface area contributed by atoms with Gasteiger partial charge in [0.05, 0.1) is 4.90 Å². The minimum atomic E-state index is -3.68. The Morgan fingerprint density at radius 3 is 2.52 bits per heavy atom. The number of benzene rings is 2. The van der Waals surface area contributed by atoms with Crippen molar-refractivity contribution in [3.63, 3.8) is 0 Å². The molecule has 0 aromatic heterocycles. The van der Waals surface area contributed by atoms with Gasteiger partial charge in [-0.3, -0.25) is 9.59 Å². The van der Waals surface area contributed by atoms with Gasteiger partial charge in [-0.25, -0.2) is 8.42 Å². The Morgan fingerprint density at radius 1 is 1.14 bits per heavy atom. The van der Waals surface area contributed by atoms with Crippen LogP contribution in [0.3, 0.4) is 0 Å². The van der Waals surface area contributed by atoms with Gasteiger partial charge in [-0.15, -0.1) is 0 Å². The van der Waals surface area contributed by atoms with E-state index in [4.69, 9.17) is 0 Å². The smallest absolute Gasteiger partial charge is 0.255 e. The highest BCUT2D eigenvalue weighted by Gasteiger charge is 2.24. The Bertz CT molecular complexity index is 1030. The summed E-state index contributed by atoms with van der Waals surface area (Å²) < 4.78 is 26.6. The number of amides is 2. The molecule has 2 amide bonds. The minimum absolute atomic E-state index is 0.0674. The average Bonchev–Trinajstić information content (AvgIpc) is 3.13. The second kappa shape index (κ2) is 8.34. The number of nitrogens with zero attached hydrogens (tertiary/aromatic N) is 2. The lowest BCUT2D eigenvalue weighted by Crippen LogP contribution is -2.33. The number of hydrogen-bond acceptors (Lipinski definition) is 4. The van der Waals surface area contributed by atoms with Crippen molar-refractivity contribution in [2.24, 2.45) is 0 Å². The number of nitrogens with one attached hydrogen (secondary N) is 1. The van der Waals surface area contributed by atoms with Crippen molar-refractivity contribution >= 4 is 33.2 Å². The summed E-state index contributed by atoms with van der Waals surface area (Å²) in [5, 5.41) is 2.78. The summed E-state index contributed by atoms with van der Waals surface area (Å²) >= 11 is 0. The van der Waals surface area contributed by atoms with Crippen LogP contribution < -0.4 is 10.2 Å². The fraction of sp³-hybridized carbons (Fsp3) is 0.333. The molecule has 0 atom stereocenters. The molecule has 1 heterocycles. The summed E-state index contributed by atoms with van der Waals surface area (Å²) in [6.07, 6.45) is 1.35. The van der Waals surface area contributed by atoms with Gasteiger partial charge in [0.25, 0.3) is 5.91 Å². The predicted molar refractivity (Wildman–Crippen MR) is 113 cm³/mol. The van der Waals surface area contributed by atoms with E-state index in [1.54, 1.807) is 49.1 Å². The molecule has 8 heteroatoms. The van der Waals surface area contributed by atoms with Crippen LogP contribution in [0.4, 0.5) is 11.4 Å². The lowest BCUT2D eigenvalue weighted by molar-refractivity contribution is -0.117. The fourth-order valence-electron chi connectivity index (χ4n) is 3.12. The van der Waals surface area contributed by atoms with Gasteiger partial charge in [0.15, 0.2) is 0 Å². The van der Waals surface area contributed by atoms with Crippen molar-refractivity contribution in [3.05, 3.63) is 54.1 Å². The summed E-state index contributed by atoms with van der Waals surface area (Å²) in [5.41, 5.74) is 1.52. The van der Waals surface area contributed by atoms with Crippen LogP contribution >= 0.6 is 0 Å². The molecular weight excluding hydrogens is 390 g/mol. The molecule has 0 bridgehead atoms. The number of anilines is 2. The fourth-order valence-corrected chi connectivity index (χ4v) is 4.53. The van der Waals surface area contributed by atoms with Crippen molar-refractivity contribution < 1.29 is 18.0 Å². The highest BCUT2D eigenvalue weighted by molar-refractivity contribution is 7.89. The first kappa shape index (κ1) is 21.0. The molecule has 0 unspecified atom stereocenters. The lowest BCUT2D eigenvalue weighted by atomic mass is 10.2. The number of rotatable bonds is 6. The van der Waals surface area contributed by atoms with Crippen molar-refractivity contribution in [2.45, 2.75) is 37.6 Å². The molecule has 0 saturated carbocycles. The molecule has 1 aliphatic heterocycles. The van der Waals surface area contributed by atoms with E-state index in [0.717, 1.165) is 12.1 Å². The zero-order valence-corrected chi connectivity index (χ0v) is 17.6. The minimum Gasteiger partial charge on any atom is -0.322 e. The largest absolute Gasteiger partial charge is 0.322 e. The SMILES string of the molecule is CC(C)N(C)S(=O)(=O)c1cccc(C(=O)Nc2cccc(N3CCCC3=O)c2)c1. The second-order valence-corrected chi connectivity index (χ2v) is 9.29. The van der Waals surface area contributed by atoms with Gasteiger partial charge in [-0.2, -0.15) is 4.31 Å². The van der Waals surface area contributed by atoms with E-state index in [-0.39, 0.29) is 22.4 Å². The van der Waals surface area contributed by atoms with Gasteiger partial charge in [0.2, 0.25) is 15.9 Å². The maximum absolute atomic E-state index is 12.7. The standard InChI is InChI=1S/C21H25N3O4S/c1-15(2)23(3)29(27,28)19-10-4-7-16(13-19)21(26)22-17-8-5-9-18(14-17)24-12-6-11-20(24)25/h4-5,7-10,13-15H,6,11-12H2,1-3H3,(H,22,26). The molecule has 1 fully saturated rings. The van der Waals surface area contributed by atoms with Crippen LogP contribution in [0.25, 0.3) is 0 Å². The molecule has 1 aliphatic rings. The molecule has 0 aliphatic carbocycles. The molecule has 7 nitrogen and oxygen atoms in total. The first-order valence-corrected chi connectivity index (χ1v) is 10.9. The van der Waals surface area contributed by atoms with Crippen LogP contribution in [0.5, 0.6) is 0 Å². The third kappa shape index (κ3) is 4.49. The topological polar surface area (TPSA) is 86.8 Å². The monoisotopic (exact) mass is 415 g/mol. The molecule has 29 heavy (non-hydrogen) atoms. The van der Waals surface area contributed by atoms with Gasteiger partial charge < -0.3 is 10.2 Å². The van der Waals surface area contributed by atoms with Crippen LogP contribution in [0.1, 0.15) is 37.0 Å². The molecule has 1 N–H and O–H groups in total. The molecule has 2 aromatic rings. The van der Waals surface area contributed by atoms with Gasteiger partial charge in [-0.05, 0) is 56.7 Å². The molecule has 0 spiro atoms. The van der Waals surface area contributed by atoms with Crippen LogP contribution in [0.15, 0.2) is 53.4 Å². The van der Waals surface area contributed by atoms with Gasteiger partial charge in [0, 0.05) is 43.0 Å². The summed E-state index contributed by atoms with van der Waals surface area (Å²) in [4.78, 5) is 26.4. The van der Waals surface area contributed by atoms with E-state index >= 15 is 0 Å². The van der Waals surface area contributed by atoms with E-state index in [1.165, 1.54) is 23.5 Å². The number of hydrogen-bond donors (Lipinski definition) is 1. The quantitative estimate of drug-likeness (QED) is 0.785. The van der Waals surface area contributed by atoms with E-state index in [1.807, 2.05) is 6.07 Å². The lowest BCUT2D eigenvalue weighted by Gasteiger charge is -2.21. The van der Waals surface area contributed by atoms with Gasteiger partial charge >= 0.3 is 0 Å². The van der Waals surface area contributed by atoms with Crippen molar-refractivity contribution in [3.8, 4) is 0 Å². The third-order valence-electron chi connectivity index (χ3n) is 4.99. The van der Waals surface area contributed by atoms with Crippen molar-refractivity contribution in [1.82, 2.24) is 4.31 Å². The number of carbonyl (C=O) groups is 2. The molecule has 0 radical (unpaired) electrons. The zero-order chi connectivity index (χ0) is 21.2. The summed E-state index contributed by atoms with van der Waals surface area (Å²) in [6.45, 7) is 4.23. The summed E-state index contributed by atoms with van der Waals surface area (Å²) in [5.74, 6) is -0.347. The highest BCUT2D eigenvalue weighted by Crippen LogP contribution is 2.25. The zero-order valence-electron chi connectivity index (χ0n) is 16.8. The normalized spacial score (nSPS) is 14.7. The number of carbonyl (C=O) groups excluding carboxylic acids is 2. The van der Waals surface area contributed by atoms with Gasteiger partial charge in [0.1, 0.15) is 0 Å².